The molecule has 106 valence electrons. The fourth-order valence-electron chi connectivity index (χ4n) is 2.24. The summed E-state index contributed by atoms with van der Waals surface area (Å²) in [6.07, 6.45) is 5.58. The molecule has 0 aliphatic heterocycles. The first-order valence-electron chi connectivity index (χ1n) is 6.84. The Morgan fingerprint density at radius 2 is 1.76 bits per heavy atom. The molecule has 0 amide bonds. The third-order valence-electron chi connectivity index (χ3n) is 3.36. The van der Waals surface area contributed by atoms with Crippen LogP contribution in [0.5, 0.6) is 0 Å². The van der Waals surface area contributed by atoms with Gasteiger partial charge in [-0.25, -0.2) is 4.98 Å². The number of imidazole rings is 1. The monoisotopic (exact) mass is 297 g/mol. The lowest BCUT2D eigenvalue weighted by molar-refractivity contribution is 0.797. The molecule has 0 fully saturated rings. The van der Waals surface area contributed by atoms with Crippen LogP contribution in [-0.2, 0) is 13.1 Å². The van der Waals surface area contributed by atoms with Crippen LogP contribution in [0.1, 0.15) is 11.1 Å². The highest BCUT2D eigenvalue weighted by atomic mass is 35.5. The average Bonchev–Trinajstić information content (AvgIpc) is 3.01. The minimum Gasteiger partial charge on any atom is -0.381 e. The number of aromatic nitrogens is 2. The summed E-state index contributed by atoms with van der Waals surface area (Å²) < 4.78 is 2.05. The maximum absolute atomic E-state index is 6.19. The Balaban J connectivity index is 1.75. The van der Waals surface area contributed by atoms with Gasteiger partial charge < -0.3 is 9.88 Å². The van der Waals surface area contributed by atoms with Crippen molar-refractivity contribution in [2.45, 2.75) is 13.1 Å². The van der Waals surface area contributed by atoms with Crippen molar-refractivity contribution in [3.63, 3.8) is 0 Å². The Labute approximate surface area is 129 Å². The fraction of sp³-hybridized carbons (Fsp3) is 0.118. The number of rotatable bonds is 5. The second-order valence-corrected chi connectivity index (χ2v) is 5.24. The van der Waals surface area contributed by atoms with Crippen molar-refractivity contribution >= 4 is 17.3 Å². The van der Waals surface area contributed by atoms with Gasteiger partial charge in [-0.2, -0.15) is 0 Å². The Bertz CT molecular complexity index is 708. The number of nitrogens with one attached hydrogen (secondary N) is 1. The quantitative estimate of drug-likeness (QED) is 0.765. The number of para-hydroxylation sites is 1. The second-order valence-electron chi connectivity index (χ2n) is 4.84. The Morgan fingerprint density at radius 3 is 2.52 bits per heavy atom. The molecule has 2 aromatic carbocycles. The van der Waals surface area contributed by atoms with Crippen LogP contribution in [0.15, 0.2) is 67.3 Å². The van der Waals surface area contributed by atoms with E-state index < -0.39 is 0 Å². The van der Waals surface area contributed by atoms with E-state index in [0.29, 0.717) is 6.54 Å². The van der Waals surface area contributed by atoms with Gasteiger partial charge in [0, 0.05) is 29.6 Å². The van der Waals surface area contributed by atoms with Gasteiger partial charge in [0.05, 0.1) is 12.9 Å². The molecule has 3 nitrogen and oxygen atoms in total. The van der Waals surface area contributed by atoms with E-state index in [9.17, 15) is 0 Å². The molecule has 0 aliphatic carbocycles. The lowest BCUT2D eigenvalue weighted by Gasteiger charge is -2.13. The van der Waals surface area contributed by atoms with Gasteiger partial charge in [0.2, 0.25) is 0 Å². The van der Waals surface area contributed by atoms with Gasteiger partial charge in [0.15, 0.2) is 0 Å². The van der Waals surface area contributed by atoms with Gasteiger partial charge in [-0.15, -0.1) is 0 Å². The average molecular weight is 298 g/mol. The van der Waals surface area contributed by atoms with E-state index in [0.717, 1.165) is 22.8 Å². The zero-order chi connectivity index (χ0) is 14.5. The van der Waals surface area contributed by atoms with Gasteiger partial charge in [-0.05, 0) is 23.3 Å². The van der Waals surface area contributed by atoms with E-state index in [1.165, 1.54) is 5.56 Å². The molecule has 0 aliphatic rings. The molecular weight excluding hydrogens is 282 g/mol. The maximum atomic E-state index is 6.19. The number of benzene rings is 2. The number of halogens is 1. The third kappa shape index (κ3) is 3.44. The molecule has 1 N–H and O–H groups in total. The molecule has 0 spiro atoms. The van der Waals surface area contributed by atoms with E-state index in [2.05, 4.69) is 27.0 Å². The van der Waals surface area contributed by atoms with Crippen molar-refractivity contribution in [1.82, 2.24) is 9.55 Å². The van der Waals surface area contributed by atoms with Crippen molar-refractivity contribution in [1.29, 1.82) is 0 Å². The van der Waals surface area contributed by atoms with E-state index >= 15 is 0 Å². The summed E-state index contributed by atoms with van der Waals surface area (Å²) in [5.74, 6) is 0. The zero-order valence-corrected chi connectivity index (χ0v) is 12.3. The van der Waals surface area contributed by atoms with Gasteiger partial charge in [-0.1, -0.05) is 48.0 Å². The molecule has 0 atom stereocenters. The minimum absolute atomic E-state index is 0.709. The highest BCUT2D eigenvalue weighted by Crippen LogP contribution is 2.20. The molecule has 1 aromatic heterocycles. The van der Waals surface area contributed by atoms with Crippen LogP contribution in [-0.4, -0.2) is 9.55 Å². The second kappa shape index (κ2) is 6.46. The highest BCUT2D eigenvalue weighted by molar-refractivity contribution is 6.31. The smallest absolute Gasteiger partial charge is 0.0949 e. The summed E-state index contributed by atoms with van der Waals surface area (Å²) in [5.41, 5.74) is 3.44. The summed E-state index contributed by atoms with van der Waals surface area (Å²) in [6.45, 7) is 1.51. The van der Waals surface area contributed by atoms with Crippen LogP contribution < -0.4 is 5.32 Å². The predicted octanol–water partition coefficient (Wildman–Crippen LogP) is 4.20. The van der Waals surface area contributed by atoms with Crippen LogP contribution >= 0.6 is 11.6 Å². The summed E-state index contributed by atoms with van der Waals surface area (Å²) in [5, 5.41) is 4.25. The molecule has 0 saturated carbocycles. The summed E-state index contributed by atoms with van der Waals surface area (Å²) in [4.78, 5) is 4.08. The number of anilines is 1. The van der Waals surface area contributed by atoms with E-state index in [1.54, 1.807) is 6.20 Å². The maximum Gasteiger partial charge on any atom is 0.0949 e. The number of hydrogen-bond donors (Lipinski definition) is 1. The van der Waals surface area contributed by atoms with Gasteiger partial charge >= 0.3 is 0 Å². The minimum atomic E-state index is 0.709. The zero-order valence-electron chi connectivity index (χ0n) is 11.5. The SMILES string of the molecule is Clc1ccccc1CNc1ccccc1Cn1ccnc1. The van der Waals surface area contributed by atoms with Crippen molar-refractivity contribution in [3.05, 3.63) is 83.4 Å². The van der Waals surface area contributed by atoms with Crippen molar-refractivity contribution < 1.29 is 0 Å². The Hall–Kier alpha value is -2.26. The van der Waals surface area contributed by atoms with Crippen molar-refractivity contribution in [2.24, 2.45) is 0 Å². The highest BCUT2D eigenvalue weighted by Gasteiger charge is 2.04. The van der Waals surface area contributed by atoms with Crippen molar-refractivity contribution in [3.8, 4) is 0 Å². The largest absolute Gasteiger partial charge is 0.381 e. The normalized spacial score (nSPS) is 10.5. The molecule has 0 bridgehead atoms. The van der Waals surface area contributed by atoms with Crippen LogP contribution in [0, 0.1) is 0 Å². The molecule has 0 saturated heterocycles. The molecule has 4 heteroatoms. The lowest BCUT2D eigenvalue weighted by Crippen LogP contribution is -2.05. The summed E-state index contributed by atoms with van der Waals surface area (Å²) in [7, 11) is 0. The molecule has 0 unspecified atom stereocenters. The Kier molecular flexibility index (Phi) is 4.22. The standard InChI is InChI=1S/C17H16ClN3/c18-16-7-3-1-5-14(16)11-20-17-8-4-2-6-15(17)12-21-10-9-19-13-21/h1-10,13,20H,11-12H2. The molecule has 3 rings (SSSR count). The van der Waals surface area contributed by atoms with E-state index in [-0.39, 0.29) is 0 Å². The van der Waals surface area contributed by atoms with Gasteiger partial charge in [0.1, 0.15) is 0 Å². The first-order chi connectivity index (χ1) is 10.3. The van der Waals surface area contributed by atoms with Gasteiger partial charge in [-0.3, -0.25) is 0 Å². The summed E-state index contributed by atoms with van der Waals surface area (Å²) in [6, 6.07) is 16.2. The number of nitrogens with zero attached hydrogens (tertiary/aromatic N) is 2. The van der Waals surface area contributed by atoms with Gasteiger partial charge in [0.25, 0.3) is 0 Å². The predicted molar refractivity (Wildman–Crippen MR) is 86.5 cm³/mol. The third-order valence-corrected chi connectivity index (χ3v) is 3.73. The summed E-state index contributed by atoms with van der Waals surface area (Å²) >= 11 is 6.19. The number of hydrogen-bond acceptors (Lipinski definition) is 2. The first-order valence-corrected chi connectivity index (χ1v) is 7.21. The Morgan fingerprint density at radius 1 is 1.00 bits per heavy atom. The molecule has 1 heterocycles. The van der Waals surface area contributed by atoms with Crippen molar-refractivity contribution in [2.75, 3.05) is 5.32 Å². The van der Waals surface area contributed by atoms with Crippen LogP contribution in [0.2, 0.25) is 5.02 Å². The molecule has 21 heavy (non-hydrogen) atoms. The fourth-order valence-corrected chi connectivity index (χ4v) is 2.44. The molecular formula is C17H16ClN3. The van der Waals surface area contributed by atoms with Crippen LogP contribution in [0.25, 0.3) is 0 Å². The van der Waals surface area contributed by atoms with E-state index in [4.69, 9.17) is 11.6 Å². The van der Waals surface area contributed by atoms with Crippen LogP contribution in [0.3, 0.4) is 0 Å². The van der Waals surface area contributed by atoms with Crippen LogP contribution in [0.4, 0.5) is 5.69 Å². The molecule has 3 aromatic rings. The first kappa shape index (κ1) is 13.7. The van der Waals surface area contributed by atoms with E-state index in [1.807, 2.05) is 48.9 Å². The lowest BCUT2D eigenvalue weighted by atomic mass is 10.1. The topological polar surface area (TPSA) is 29.9 Å². The molecule has 0 radical (unpaired) electrons.